The van der Waals surface area contributed by atoms with E-state index in [4.69, 9.17) is 0 Å². The van der Waals surface area contributed by atoms with Gasteiger partial charge in [0.2, 0.25) is 0 Å². The lowest BCUT2D eigenvalue weighted by molar-refractivity contribution is 0.409. The second kappa shape index (κ2) is 6.40. The Labute approximate surface area is 120 Å². The van der Waals surface area contributed by atoms with Gasteiger partial charge in [0.05, 0.1) is 0 Å². The van der Waals surface area contributed by atoms with Crippen molar-refractivity contribution in [3.8, 4) is 0 Å². The van der Waals surface area contributed by atoms with E-state index in [9.17, 15) is 0 Å². The smallest absolute Gasteiger partial charge is 0.133 e. The molecule has 2 rings (SSSR count). The third-order valence-electron chi connectivity index (χ3n) is 5.18. The molecule has 0 heterocycles. The lowest BCUT2D eigenvalue weighted by Gasteiger charge is -2.44. The second-order valence-electron chi connectivity index (χ2n) is 6.97. The van der Waals surface area contributed by atoms with Gasteiger partial charge in [0.15, 0.2) is 0 Å². The molecule has 1 saturated carbocycles. The fraction of sp³-hybridized carbons (Fsp3) is 0.765. The minimum atomic E-state index is -1.47. The van der Waals surface area contributed by atoms with Crippen molar-refractivity contribution in [2.24, 2.45) is 0 Å². The quantitative estimate of drug-likeness (QED) is 0.660. The molecule has 0 aromatic carbocycles. The van der Waals surface area contributed by atoms with Gasteiger partial charge in [0.1, 0.15) is 8.24 Å². The summed E-state index contributed by atoms with van der Waals surface area (Å²) in [5, 5.41) is 0.362. The van der Waals surface area contributed by atoms with Gasteiger partial charge >= 0.3 is 0 Å². The van der Waals surface area contributed by atoms with Crippen molar-refractivity contribution in [3.63, 3.8) is 0 Å². The van der Waals surface area contributed by atoms with Gasteiger partial charge in [-0.2, -0.15) is 0 Å². The first-order valence-corrected chi connectivity index (χ1v) is 11.2. The third-order valence-corrected chi connectivity index (χ3v) is 9.22. The Bertz CT molecular complexity index is 325. The van der Waals surface area contributed by atoms with Crippen LogP contribution in [0, 0.1) is 0 Å². The molecule has 1 N–H and O–H groups in total. The molecule has 108 valence electrons. The highest BCUT2D eigenvalue weighted by Crippen LogP contribution is 2.47. The van der Waals surface area contributed by atoms with Crippen molar-refractivity contribution >= 4 is 8.24 Å². The van der Waals surface area contributed by atoms with Gasteiger partial charge in [-0.1, -0.05) is 76.4 Å². The van der Waals surface area contributed by atoms with Crippen molar-refractivity contribution in [2.75, 3.05) is 0 Å². The van der Waals surface area contributed by atoms with Crippen molar-refractivity contribution in [2.45, 2.75) is 82.5 Å². The van der Waals surface area contributed by atoms with Gasteiger partial charge in [-0.15, -0.1) is 0 Å². The van der Waals surface area contributed by atoms with Crippen LogP contribution in [0.4, 0.5) is 0 Å². The molecule has 0 amide bonds. The maximum Gasteiger partial charge on any atom is 0.133 e. The predicted octanol–water partition coefficient (Wildman–Crippen LogP) is 5.17. The first-order chi connectivity index (χ1) is 9.10. The number of rotatable bonds is 6. The SMILES string of the molecule is CCCCC1([Si](C)(C)NC2CCCCC2)C=CC=C1. The summed E-state index contributed by atoms with van der Waals surface area (Å²) in [5.41, 5.74) is 0. The van der Waals surface area contributed by atoms with E-state index in [1.54, 1.807) is 0 Å². The maximum absolute atomic E-state index is 4.12. The summed E-state index contributed by atoms with van der Waals surface area (Å²) in [6.07, 6.45) is 20.6. The number of hydrogen-bond donors (Lipinski definition) is 1. The van der Waals surface area contributed by atoms with Crippen LogP contribution in [0.3, 0.4) is 0 Å². The van der Waals surface area contributed by atoms with Gasteiger partial charge < -0.3 is 4.98 Å². The Morgan fingerprint density at radius 1 is 1.11 bits per heavy atom. The van der Waals surface area contributed by atoms with Gasteiger partial charge in [0, 0.05) is 11.1 Å². The largest absolute Gasteiger partial charge is 0.334 e. The van der Waals surface area contributed by atoms with E-state index < -0.39 is 8.24 Å². The van der Waals surface area contributed by atoms with Crippen LogP contribution >= 0.6 is 0 Å². The highest BCUT2D eigenvalue weighted by molar-refractivity contribution is 6.79. The number of nitrogens with one attached hydrogen (secondary N) is 1. The van der Waals surface area contributed by atoms with E-state index in [0.717, 1.165) is 6.04 Å². The van der Waals surface area contributed by atoms with Crippen molar-refractivity contribution < 1.29 is 0 Å². The summed E-state index contributed by atoms with van der Waals surface area (Å²) >= 11 is 0. The lowest BCUT2D eigenvalue weighted by atomic mass is 9.96. The highest BCUT2D eigenvalue weighted by Gasteiger charge is 2.44. The number of unbranched alkanes of at least 4 members (excludes halogenated alkanes) is 1. The maximum atomic E-state index is 4.12. The fourth-order valence-corrected chi connectivity index (χ4v) is 7.17. The van der Waals surface area contributed by atoms with Crippen molar-refractivity contribution in [1.82, 2.24) is 4.98 Å². The van der Waals surface area contributed by atoms with Crippen LogP contribution in [0.15, 0.2) is 24.3 Å². The standard InChI is InChI=1S/C17H31NSi/c1-4-5-13-17(14-9-10-15-17)19(2,3)18-16-11-7-6-8-12-16/h9-10,14-16,18H,4-8,11-13H2,1-3H3. The minimum Gasteiger partial charge on any atom is -0.334 e. The Morgan fingerprint density at radius 3 is 2.32 bits per heavy atom. The Morgan fingerprint density at radius 2 is 1.74 bits per heavy atom. The van der Waals surface area contributed by atoms with Gasteiger partial charge in [-0.25, -0.2) is 0 Å². The monoisotopic (exact) mass is 277 g/mol. The highest BCUT2D eigenvalue weighted by atomic mass is 28.3. The van der Waals surface area contributed by atoms with Crippen LogP contribution in [-0.4, -0.2) is 14.3 Å². The zero-order valence-electron chi connectivity index (χ0n) is 13.0. The molecule has 1 nitrogen and oxygen atoms in total. The van der Waals surface area contributed by atoms with E-state index >= 15 is 0 Å². The molecule has 2 heteroatoms. The molecule has 1 fully saturated rings. The van der Waals surface area contributed by atoms with Gasteiger partial charge in [-0.05, 0) is 19.3 Å². The summed E-state index contributed by atoms with van der Waals surface area (Å²) in [7, 11) is -1.47. The Kier molecular flexibility index (Phi) is 5.07. The van der Waals surface area contributed by atoms with Crippen LogP contribution in [-0.2, 0) is 0 Å². The zero-order chi connectivity index (χ0) is 13.8. The topological polar surface area (TPSA) is 12.0 Å². The molecule has 0 saturated heterocycles. The summed E-state index contributed by atoms with van der Waals surface area (Å²) < 4.78 is 0. The molecular formula is C17H31NSi. The van der Waals surface area contributed by atoms with Crippen LogP contribution in [0.1, 0.15) is 58.3 Å². The molecule has 0 radical (unpaired) electrons. The summed E-state index contributed by atoms with van der Waals surface area (Å²) in [6.45, 7) is 7.38. The molecular weight excluding hydrogens is 246 g/mol. The van der Waals surface area contributed by atoms with E-state index in [2.05, 4.69) is 49.3 Å². The molecule has 19 heavy (non-hydrogen) atoms. The normalized spacial score (nSPS) is 23.1. The third kappa shape index (κ3) is 3.40. The van der Waals surface area contributed by atoms with Gasteiger partial charge in [-0.3, -0.25) is 0 Å². The first kappa shape index (κ1) is 15.1. The Balaban J connectivity index is 2.05. The molecule has 0 atom stereocenters. The molecule has 0 aliphatic heterocycles. The zero-order valence-corrected chi connectivity index (χ0v) is 14.0. The summed E-state index contributed by atoms with van der Waals surface area (Å²) in [4.78, 5) is 4.12. The molecule has 0 spiro atoms. The molecule has 0 aromatic rings. The van der Waals surface area contributed by atoms with E-state index in [-0.39, 0.29) is 0 Å². The van der Waals surface area contributed by atoms with Crippen molar-refractivity contribution in [1.29, 1.82) is 0 Å². The van der Waals surface area contributed by atoms with Crippen LogP contribution in [0.2, 0.25) is 18.1 Å². The summed E-state index contributed by atoms with van der Waals surface area (Å²) in [6, 6.07) is 0.788. The van der Waals surface area contributed by atoms with Crippen LogP contribution in [0.25, 0.3) is 0 Å². The van der Waals surface area contributed by atoms with E-state index in [0.29, 0.717) is 5.04 Å². The van der Waals surface area contributed by atoms with Crippen LogP contribution < -0.4 is 4.98 Å². The van der Waals surface area contributed by atoms with Gasteiger partial charge in [0.25, 0.3) is 0 Å². The van der Waals surface area contributed by atoms with Crippen LogP contribution in [0.5, 0.6) is 0 Å². The van der Waals surface area contributed by atoms with E-state index in [1.807, 2.05) is 0 Å². The minimum absolute atomic E-state index is 0.362. The molecule has 0 unspecified atom stereocenters. The average Bonchev–Trinajstić information content (AvgIpc) is 2.87. The first-order valence-electron chi connectivity index (χ1n) is 8.24. The molecule has 2 aliphatic rings. The predicted molar refractivity (Wildman–Crippen MR) is 88.0 cm³/mol. The molecule has 2 aliphatic carbocycles. The second-order valence-corrected chi connectivity index (χ2v) is 11.4. The lowest BCUT2D eigenvalue weighted by Crippen LogP contribution is -2.57. The summed E-state index contributed by atoms with van der Waals surface area (Å²) in [5.74, 6) is 0. The fourth-order valence-electron chi connectivity index (χ4n) is 3.77. The molecule has 0 aromatic heterocycles. The van der Waals surface area contributed by atoms with E-state index in [1.165, 1.54) is 51.4 Å². The Hall–Kier alpha value is -0.343. The average molecular weight is 278 g/mol. The number of hydrogen-bond acceptors (Lipinski definition) is 1. The van der Waals surface area contributed by atoms with Crippen molar-refractivity contribution in [3.05, 3.63) is 24.3 Å². The molecule has 0 bridgehead atoms. The number of allylic oxidation sites excluding steroid dienone is 4.